The van der Waals surface area contributed by atoms with Crippen molar-refractivity contribution in [2.24, 2.45) is 17.6 Å². The summed E-state index contributed by atoms with van der Waals surface area (Å²) in [6.07, 6.45) is 2.26. The van der Waals surface area contributed by atoms with E-state index in [1.165, 1.54) is 7.11 Å². The van der Waals surface area contributed by atoms with Gasteiger partial charge < -0.3 is 20.0 Å². The third kappa shape index (κ3) is 5.11. The lowest BCUT2D eigenvalue weighted by Crippen LogP contribution is -2.78. The average Bonchev–Trinajstić information content (AvgIpc) is 3.08. The molecule has 0 bridgehead atoms. The Morgan fingerprint density at radius 2 is 1.79 bits per heavy atom. The number of amides is 1. The normalized spacial score (nSPS) is 25.1. The Morgan fingerprint density at radius 1 is 1.24 bits per heavy atom. The van der Waals surface area contributed by atoms with Gasteiger partial charge in [0.1, 0.15) is 12.4 Å². The smallest absolute Gasteiger partial charge is 0.246 e. The fraction of sp³-hybridized carbons (Fsp3) is 0.885. The van der Waals surface area contributed by atoms with Crippen LogP contribution < -0.4 is 5.73 Å². The third-order valence-electron chi connectivity index (χ3n) is 7.94. The molecule has 8 heteroatoms. The Hall–Kier alpha value is -1.35. The number of Topliss-reactive ketones (excluding diaryl/α,β-unsaturated/α-hetero) is 1. The second kappa shape index (κ2) is 11.1. The molecule has 1 rings (SSSR count). The highest BCUT2D eigenvalue weighted by molar-refractivity contribution is 6.14. The molecule has 0 unspecified atom stereocenters. The number of hydrogen-bond donors (Lipinski definition) is 1. The van der Waals surface area contributed by atoms with E-state index in [1.807, 2.05) is 67.3 Å². The number of ketones is 1. The van der Waals surface area contributed by atoms with Gasteiger partial charge in [-0.3, -0.25) is 19.4 Å². The Kier molecular flexibility index (Phi) is 10.1. The molecule has 34 heavy (non-hydrogen) atoms. The van der Waals surface area contributed by atoms with Crippen molar-refractivity contribution in [3.8, 4) is 0 Å². The van der Waals surface area contributed by atoms with Gasteiger partial charge in [0, 0.05) is 19.4 Å². The molecular formula is C26H49N3O5. The van der Waals surface area contributed by atoms with Crippen LogP contribution in [0.15, 0.2) is 0 Å². The van der Waals surface area contributed by atoms with E-state index >= 15 is 0 Å². The van der Waals surface area contributed by atoms with Gasteiger partial charge in [-0.05, 0) is 73.5 Å². The van der Waals surface area contributed by atoms with Crippen molar-refractivity contribution in [3.05, 3.63) is 0 Å². The third-order valence-corrected chi connectivity index (χ3v) is 7.94. The van der Waals surface area contributed by atoms with E-state index in [1.54, 1.807) is 11.9 Å². The zero-order valence-electron chi connectivity index (χ0n) is 23.4. The van der Waals surface area contributed by atoms with Crippen LogP contribution in [-0.4, -0.2) is 84.0 Å². The van der Waals surface area contributed by atoms with Crippen LogP contribution >= 0.6 is 0 Å². The first kappa shape index (κ1) is 30.7. The van der Waals surface area contributed by atoms with Crippen LogP contribution in [0.3, 0.4) is 0 Å². The van der Waals surface area contributed by atoms with Crippen LogP contribution in [0, 0.1) is 11.8 Å². The number of likely N-dealkylation sites (tertiary alicyclic amines) is 1. The quantitative estimate of drug-likeness (QED) is 0.244. The highest BCUT2D eigenvalue weighted by Gasteiger charge is 2.65. The number of carbonyl (C=O) groups excluding carboxylic acids is 3. The number of nitrogens with two attached hydrogens (primary N) is 1. The first-order chi connectivity index (χ1) is 15.5. The number of carbonyl (C=O) groups is 3. The molecule has 5 atom stereocenters. The lowest BCUT2D eigenvalue weighted by Gasteiger charge is -2.59. The van der Waals surface area contributed by atoms with Gasteiger partial charge in [-0.2, -0.15) is 0 Å². The molecule has 2 N–H and O–H groups in total. The van der Waals surface area contributed by atoms with Gasteiger partial charge >= 0.3 is 0 Å². The highest BCUT2D eigenvalue weighted by Crippen LogP contribution is 2.46. The second-order valence-corrected chi connectivity index (χ2v) is 11.4. The van der Waals surface area contributed by atoms with E-state index < -0.39 is 40.3 Å². The SMILES string of the molecule is CC[C@H](C)[C@](OC(C)(C)C)([C@@H](CC=O)OC)N(C)[C@@](C(N)=O)(C(=O)[C@@]1(C)CCCN1C)C(C)C. The summed E-state index contributed by atoms with van der Waals surface area (Å²) >= 11 is 0. The molecule has 198 valence electrons. The molecule has 0 radical (unpaired) electrons. The molecule has 1 saturated heterocycles. The van der Waals surface area contributed by atoms with Gasteiger partial charge in [0.15, 0.2) is 17.0 Å². The predicted molar refractivity (Wildman–Crippen MR) is 134 cm³/mol. The number of hydrogen-bond acceptors (Lipinski definition) is 7. The van der Waals surface area contributed by atoms with Crippen molar-refractivity contribution in [3.63, 3.8) is 0 Å². The molecule has 0 aliphatic carbocycles. The molecule has 0 spiro atoms. The topological polar surface area (TPSA) is 102 Å². The van der Waals surface area contributed by atoms with Crippen molar-refractivity contribution in [2.75, 3.05) is 27.7 Å². The number of primary amides is 1. The zero-order valence-corrected chi connectivity index (χ0v) is 23.4. The van der Waals surface area contributed by atoms with Crippen molar-refractivity contribution < 1.29 is 23.9 Å². The molecule has 0 saturated carbocycles. The van der Waals surface area contributed by atoms with Crippen LogP contribution in [0.4, 0.5) is 0 Å². The lowest BCUT2D eigenvalue weighted by molar-refractivity contribution is -0.297. The Balaban J connectivity index is 4.06. The van der Waals surface area contributed by atoms with Gasteiger partial charge in [-0.1, -0.05) is 27.7 Å². The van der Waals surface area contributed by atoms with Crippen LogP contribution in [0.5, 0.6) is 0 Å². The average molecular weight is 484 g/mol. The summed E-state index contributed by atoms with van der Waals surface area (Å²) in [6, 6.07) is 0. The number of aldehydes is 1. The van der Waals surface area contributed by atoms with E-state index in [-0.39, 0.29) is 18.1 Å². The van der Waals surface area contributed by atoms with Gasteiger partial charge in [-0.15, -0.1) is 0 Å². The molecule has 0 aromatic carbocycles. The van der Waals surface area contributed by atoms with E-state index in [2.05, 4.69) is 0 Å². The minimum atomic E-state index is -1.69. The van der Waals surface area contributed by atoms with Gasteiger partial charge in [0.05, 0.1) is 11.1 Å². The minimum Gasteiger partial charge on any atom is -0.377 e. The Morgan fingerprint density at radius 3 is 2.12 bits per heavy atom. The van der Waals surface area contributed by atoms with Crippen LogP contribution in [0.25, 0.3) is 0 Å². The van der Waals surface area contributed by atoms with Gasteiger partial charge in [0.2, 0.25) is 5.91 Å². The molecule has 1 aliphatic heterocycles. The first-order valence-corrected chi connectivity index (χ1v) is 12.5. The molecule has 1 fully saturated rings. The minimum absolute atomic E-state index is 0.0412. The van der Waals surface area contributed by atoms with Crippen molar-refractivity contribution in [1.29, 1.82) is 0 Å². The van der Waals surface area contributed by atoms with E-state index in [0.29, 0.717) is 12.8 Å². The van der Waals surface area contributed by atoms with Crippen molar-refractivity contribution in [1.82, 2.24) is 9.80 Å². The standard InChI is InChI=1S/C26H49N3O5/c1-12-19(4)26(34-23(5,6)7,20(33-11)14-17-30)29(10)25(18(2)3,22(27)32)21(31)24(8)15-13-16-28(24)9/h17-20H,12-16H2,1-11H3,(H2,27,32)/t19-,20+,24+,25+,26-/m0/s1. The maximum atomic E-state index is 14.6. The second-order valence-electron chi connectivity index (χ2n) is 11.4. The molecule has 0 aromatic heterocycles. The summed E-state index contributed by atoms with van der Waals surface area (Å²) in [4.78, 5) is 43.6. The highest BCUT2D eigenvalue weighted by atomic mass is 16.6. The maximum Gasteiger partial charge on any atom is 0.246 e. The number of rotatable bonds is 13. The maximum absolute atomic E-state index is 14.6. The summed E-state index contributed by atoms with van der Waals surface area (Å²) in [5, 5.41) is 0. The molecule has 8 nitrogen and oxygen atoms in total. The number of ether oxygens (including phenoxy) is 2. The molecule has 1 aliphatic rings. The zero-order chi connectivity index (χ0) is 26.7. The van der Waals surface area contributed by atoms with Crippen molar-refractivity contribution in [2.45, 2.75) is 110 Å². The van der Waals surface area contributed by atoms with E-state index in [9.17, 15) is 14.4 Å². The Labute approximate surface area is 206 Å². The summed E-state index contributed by atoms with van der Waals surface area (Å²) in [5.74, 6) is -1.63. The predicted octanol–water partition coefficient (Wildman–Crippen LogP) is 3.01. The fourth-order valence-corrected chi connectivity index (χ4v) is 5.84. The summed E-state index contributed by atoms with van der Waals surface area (Å²) < 4.78 is 12.7. The molecule has 1 heterocycles. The largest absolute Gasteiger partial charge is 0.377 e. The lowest BCUT2D eigenvalue weighted by atomic mass is 9.69. The summed E-state index contributed by atoms with van der Waals surface area (Å²) in [6.45, 7) is 16.1. The van der Waals surface area contributed by atoms with E-state index in [0.717, 1.165) is 19.3 Å². The first-order valence-electron chi connectivity index (χ1n) is 12.5. The number of methoxy groups -OCH3 is 1. The van der Waals surface area contributed by atoms with Crippen LogP contribution in [0.1, 0.15) is 81.1 Å². The van der Waals surface area contributed by atoms with Gasteiger partial charge in [-0.25, -0.2) is 0 Å². The molecular weight excluding hydrogens is 434 g/mol. The summed E-state index contributed by atoms with van der Waals surface area (Å²) in [7, 11) is 5.17. The van der Waals surface area contributed by atoms with Crippen LogP contribution in [0.2, 0.25) is 0 Å². The number of likely N-dealkylation sites (N-methyl/N-ethyl adjacent to an activating group) is 2. The van der Waals surface area contributed by atoms with E-state index in [4.69, 9.17) is 15.2 Å². The monoisotopic (exact) mass is 483 g/mol. The number of nitrogens with zero attached hydrogens (tertiary/aromatic N) is 2. The molecule has 1 amide bonds. The van der Waals surface area contributed by atoms with Crippen LogP contribution in [-0.2, 0) is 23.9 Å². The Bertz CT molecular complexity index is 736. The summed E-state index contributed by atoms with van der Waals surface area (Å²) in [5.41, 5.74) is 1.67. The van der Waals surface area contributed by atoms with Crippen molar-refractivity contribution >= 4 is 18.0 Å². The van der Waals surface area contributed by atoms with Gasteiger partial charge in [0.25, 0.3) is 0 Å². The fourth-order valence-electron chi connectivity index (χ4n) is 5.84. The molecule has 0 aromatic rings.